The second-order valence-corrected chi connectivity index (χ2v) is 7.63. The Kier molecular flexibility index (Phi) is 6.06. The molecule has 0 unspecified atom stereocenters. The number of hydrogen-bond donors (Lipinski definition) is 2. The van der Waals surface area contributed by atoms with Crippen LogP contribution in [-0.2, 0) is 14.8 Å². The molecule has 0 saturated carbocycles. The Balaban J connectivity index is 2.34. The summed E-state index contributed by atoms with van der Waals surface area (Å²) in [5.74, 6) is -1.32. The van der Waals surface area contributed by atoms with Crippen LogP contribution in [0.5, 0.6) is 5.75 Å². The molecule has 2 N–H and O–H groups in total. The van der Waals surface area contributed by atoms with E-state index in [1.165, 1.54) is 44.4 Å². The topological polar surface area (TPSA) is 113 Å². The molecule has 0 bridgehead atoms. The highest BCUT2D eigenvalue weighted by Gasteiger charge is 2.29. The lowest BCUT2D eigenvalue weighted by molar-refractivity contribution is -0.116. The van der Waals surface area contributed by atoms with Gasteiger partial charge in [0.1, 0.15) is 11.8 Å². The molecule has 0 radical (unpaired) electrons. The minimum Gasteiger partial charge on any atom is -0.497 e. The van der Waals surface area contributed by atoms with Gasteiger partial charge in [-0.3, -0.25) is 9.10 Å². The van der Waals surface area contributed by atoms with Crippen molar-refractivity contribution in [3.63, 3.8) is 0 Å². The first-order valence-corrected chi connectivity index (χ1v) is 9.76. The van der Waals surface area contributed by atoms with Gasteiger partial charge in [0.15, 0.2) is 0 Å². The molecule has 0 aliphatic heterocycles. The van der Waals surface area contributed by atoms with Crippen LogP contribution in [0.1, 0.15) is 17.3 Å². The van der Waals surface area contributed by atoms with Crippen LogP contribution in [0.3, 0.4) is 0 Å². The summed E-state index contributed by atoms with van der Waals surface area (Å²) in [6.07, 6.45) is 0.992. The minimum atomic E-state index is -3.79. The third-order valence-electron chi connectivity index (χ3n) is 3.83. The number of anilines is 2. The molecule has 0 heterocycles. The van der Waals surface area contributed by atoms with Crippen molar-refractivity contribution in [2.45, 2.75) is 13.0 Å². The van der Waals surface area contributed by atoms with Crippen LogP contribution in [-0.4, -0.2) is 44.8 Å². The summed E-state index contributed by atoms with van der Waals surface area (Å²) < 4.78 is 30.6. The number of hydrogen-bond acceptors (Lipinski definition) is 5. The Morgan fingerprint density at radius 1 is 1.11 bits per heavy atom. The molecule has 2 aromatic rings. The van der Waals surface area contributed by atoms with Crippen LogP contribution >= 0.6 is 0 Å². The van der Waals surface area contributed by atoms with Gasteiger partial charge in [-0.05, 0) is 43.3 Å². The maximum atomic E-state index is 12.6. The van der Waals surface area contributed by atoms with E-state index in [2.05, 4.69) is 5.32 Å². The number of sulfonamides is 1. The van der Waals surface area contributed by atoms with Gasteiger partial charge in [0.2, 0.25) is 15.9 Å². The molecule has 8 nitrogen and oxygen atoms in total. The monoisotopic (exact) mass is 392 g/mol. The molecule has 0 fully saturated rings. The lowest BCUT2D eigenvalue weighted by atomic mass is 10.1. The van der Waals surface area contributed by atoms with Gasteiger partial charge in [-0.1, -0.05) is 12.1 Å². The van der Waals surface area contributed by atoms with Crippen molar-refractivity contribution in [1.29, 1.82) is 0 Å². The van der Waals surface area contributed by atoms with E-state index < -0.39 is 27.9 Å². The molecule has 9 heteroatoms. The summed E-state index contributed by atoms with van der Waals surface area (Å²) in [6.45, 7) is 1.42. The van der Waals surface area contributed by atoms with Gasteiger partial charge in [-0.15, -0.1) is 0 Å². The summed E-state index contributed by atoms with van der Waals surface area (Å²) in [5, 5.41) is 11.7. The van der Waals surface area contributed by atoms with Crippen LogP contribution in [0, 0.1) is 0 Å². The predicted molar refractivity (Wildman–Crippen MR) is 102 cm³/mol. The molecule has 0 saturated heterocycles. The van der Waals surface area contributed by atoms with Gasteiger partial charge in [-0.2, -0.15) is 0 Å². The van der Waals surface area contributed by atoms with Crippen molar-refractivity contribution >= 4 is 33.3 Å². The number of benzene rings is 2. The first kappa shape index (κ1) is 20.2. The van der Waals surface area contributed by atoms with Gasteiger partial charge >= 0.3 is 5.97 Å². The standard InChI is InChI=1S/C18H20N2O6S/c1-12(17(21)19-16-7-5-4-6-15(16)18(22)23)20(27(3,24)25)13-8-10-14(26-2)11-9-13/h4-12H,1-3H3,(H,19,21)(H,22,23)/t12-/m0/s1. The van der Waals surface area contributed by atoms with Gasteiger partial charge in [-0.25, -0.2) is 13.2 Å². The maximum Gasteiger partial charge on any atom is 0.337 e. The third-order valence-corrected chi connectivity index (χ3v) is 5.07. The highest BCUT2D eigenvalue weighted by atomic mass is 32.2. The number of aromatic carboxylic acids is 1. The van der Waals surface area contributed by atoms with E-state index in [-0.39, 0.29) is 16.9 Å². The molecular weight excluding hydrogens is 372 g/mol. The van der Waals surface area contributed by atoms with E-state index in [4.69, 9.17) is 4.74 Å². The maximum absolute atomic E-state index is 12.6. The van der Waals surface area contributed by atoms with E-state index in [0.717, 1.165) is 10.6 Å². The Bertz CT molecular complexity index is 941. The number of rotatable bonds is 7. The SMILES string of the molecule is COc1ccc(N([C@@H](C)C(=O)Nc2ccccc2C(=O)O)S(C)(=O)=O)cc1. The summed E-state index contributed by atoms with van der Waals surface area (Å²) >= 11 is 0. The molecule has 0 aromatic heterocycles. The fraction of sp³-hybridized carbons (Fsp3) is 0.222. The smallest absolute Gasteiger partial charge is 0.337 e. The molecular formula is C18H20N2O6S. The van der Waals surface area contributed by atoms with Crippen molar-refractivity contribution in [2.75, 3.05) is 23.0 Å². The first-order chi connectivity index (χ1) is 12.6. The normalized spacial score (nSPS) is 12.1. The van der Waals surface area contributed by atoms with Crippen LogP contribution in [0.2, 0.25) is 0 Å². The van der Waals surface area contributed by atoms with E-state index in [0.29, 0.717) is 5.75 Å². The molecule has 1 atom stereocenters. The third kappa shape index (κ3) is 4.76. The molecule has 0 spiro atoms. The number of carbonyl (C=O) groups excluding carboxylic acids is 1. The second-order valence-electron chi connectivity index (χ2n) is 5.77. The van der Waals surface area contributed by atoms with Gasteiger partial charge < -0.3 is 15.2 Å². The minimum absolute atomic E-state index is 0.0880. The number of carboxylic acid groups (broad SMARTS) is 1. The van der Waals surface area contributed by atoms with E-state index >= 15 is 0 Å². The molecule has 0 aliphatic rings. The lowest BCUT2D eigenvalue weighted by Gasteiger charge is -2.28. The fourth-order valence-corrected chi connectivity index (χ4v) is 3.73. The zero-order valence-corrected chi connectivity index (χ0v) is 15.9. The van der Waals surface area contributed by atoms with Crippen molar-refractivity contribution in [3.05, 3.63) is 54.1 Å². The van der Waals surface area contributed by atoms with Crippen molar-refractivity contribution in [3.8, 4) is 5.75 Å². The van der Waals surface area contributed by atoms with Crippen LogP contribution in [0.25, 0.3) is 0 Å². The highest BCUT2D eigenvalue weighted by Crippen LogP contribution is 2.25. The van der Waals surface area contributed by atoms with E-state index in [1.807, 2.05) is 0 Å². The number of nitrogens with one attached hydrogen (secondary N) is 1. The summed E-state index contributed by atoms with van der Waals surface area (Å²) in [4.78, 5) is 23.9. The Morgan fingerprint density at radius 3 is 2.22 bits per heavy atom. The largest absolute Gasteiger partial charge is 0.497 e. The molecule has 0 aliphatic carbocycles. The van der Waals surface area contributed by atoms with Crippen LogP contribution in [0.4, 0.5) is 11.4 Å². The molecule has 1 amide bonds. The van der Waals surface area contributed by atoms with Crippen LogP contribution in [0.15, 0.2) is 48.5 Å². The van der Waals surface area contributed by atoms with Crippen LogP contribution < -0.4 is 14.4 Å². The average Bonchev–Trinajstić information content (AvgIpc) is 2.61. The Labute approximate surface area is 157 Å². The zero-order valence-electron chi connectivity index (χ0n) is 15.0. The number of amides is 1. The quantitative estimate of drug-likeness (QED) is 0.747. The number of nitrogens with zero attached hydrogens (tertiary/aromatic N) is 1. The van der Waals surface area contributed by atoms with Crippen molar-refractivity contribution < 1.29 is 27.9 Å². The lowest BCUT2D eigenvalue weighted by Crippen LogP contribution is -2.45. The van der Waals surface area contributed by atoms with Gasteiger partial charge in [0, 0.05) is 0 Å². The number of methoxy groups -OCH3 is 1. The highest BCUT2D eigenvalue weighted by molar-refractivity contribution is 7.92. The molecule has 2 aromatic carbocycles. The van der Waals surface area contributed by atoms with Gasteiger partial charge in [0.25, 0.3) is 0 Å². The first-order valence-electron chi connectivity index (χ1n) is 7.91. The van der Waals surface area contributed by atoms with Crippen molar-refractivity contribution in [1.82, 2.24) is 0 Å². The summed E-state index contributed by atoms with van der Waals surface area (Å²) in [5.41, 5.74) is 0.283. The number of para-hydroxylation sites is 1. The second kappa shape index (κ2) is 8.09. The van der Waals surface area contributed by atoms with E-state index in [1.54, 1.807) is 18.2 Å². The van der Waals surface area contributed by atoms with Gasteiger partial charge in [0.05, 0.1) is 30.3 Å². The number of ether oxygens (including phenoxy) is 1. The molecule has 2 rings (SSSR count). The summed E-state index contributed by atoms with van der Waals surface area (Å²) in [7, 11) is -2.30. The Hall–Kier alpha value is -3.07. The number of carbonyl (C=O) groups is 2. The molecule has 144 valence electrons. The Morgan fingerprint density at radius 2 is 1.70 bits per heavy atom. The zero-order chi connectivity index (χ0) is 20.2. The van der Waals surface area contributed by atoms with E-state index in [9.17, 15) is 23.1 Å². The van der Waals surface area contributed by atoms with Crippen molar-refractivity contribution in [2.24, 2.45) is 0 Å². The number of carboxylic acids is 1. The predicted octanol–water partition coefficient (Wildman–Crippen LogP) is 2.19. The molecule has 27 heavy (non-hydrogen) atoms. The average molecular weight is 392 g/mol. The fourth-order valence-electron chi connectivity index (χ4n) is 2.55. The summed E-state index contributed by atoms with van der Waals surface area (Å²) in [6, 6.07) is 11.0.